The first-order valence-corrected chi connectivity index (χ1v) is 15.6. The highest BCUT2D eigenvalue weighted by Crippen LogP contribution is 2.34. The molecule has 1 saturated heterocycles. The summed E-state index contributed by atoms with van der Waals surface area (Å²) in [6.45, 7) is -16.2. The smallest absolute Gasteiger partial charge is 0.383 e. The predicted octanol–water partition coefficient (Wildman–Crippen LogP) is 8.71. The van der Waals surface area contributed by atoms with Crippen LogP contribution in [0.5, 0.6) is 0 Å². The number of aromatic nitrogens is 1. The van der Waals surface area contributed by atoms with E-state index in [4.69, 9.17) is 33.5 Å². The van der Waals surface area contributed by atoms with Crippen LogP contribution in [0.25, 0.3) is 22.0 Å². The molecule has 12 heteroatoms. The van der Waals surface area contributed by atoms with E-state index in [9.17, 15) is 27.6 Å². The summed E-state index contributed by atoms with van der Waals surface area (Å²) >= 11 is -0.802. The Morgan fingerprint density at radius 3 is 2.45 bits per heavy atom. The molecule has 0 saturated carbocycles. The molecule has 1 aliphatic heterocycles. The summed E-state index contributed by atoms with van der Waals surface area (Å²) in [4.78, 5) is 29.2. The van der Waals surface area contributed by atoms with E-state index in [0.29, 0.717) is 6.92 Å². The van der Waals surface area contributed by atoms with Crippen molar-refractivity contribution in [2.45, 2.75) is 55.6 Å². The Hall–Kier alpha value is -4.52. The van der Waals surface area contributed by atoms with Gasteiger partial charge in [0.2, 0.25) is 5.91 Å². The summed E-state index contributed by atoms with van der Waals surface area (Å²) in [5.41, 5.74) is -15.7. The lowest BCUT2D eigenvalue weighted by Gasteiger charge is -2.39. The van der Waals surface area contributed by atoms with Gasteiger partial charge in [-0.05, 0) is 66.1 Å². The van der Waals surface area contributed by atoms with Crippen LogP contribution in [-0.4, -0.2) is 59.5 Å². The molecule has 6 rings (SSSR count). The number of carbonyl (C=O) groups excluding carboxylic acids is 1. The molecule has 53 heavy (non-hydrogen) atoms. The minimum Gasteiger partial charge on any atom is -0.383 e. The fraction of sp³-hybridized carbons (Fsp3) is 0.317. The lowest BCUT2D eigenvalue weighted by atomic mass is 9.98. The van der Waals surface area contributed by atoms with E-state index in [-0.39, 0.29) is 4.90 Å². The zero-order valence-electron chi connectivity index (χ0n) is 55.0. The van der Waals surface area contributed by atoms with Crippen molar-refractivity contribution in [3.05, 3.63) is 135 Å². The first kappa shape index (κ1) is 16.5. The number of hydrogen-bond donors (Lipinski definition) is 0. The van der Waals surface area contributed by atoms with Crippen LogP contribution in [0.4, 0.5) is 22.0 Å². The number of alkyl halides is 3. The minimum absolute atomic E-state index is 0.131. The quantitative estimate of drug-likeness (QED) is 0.0938. The molecular weight excluding hydrogens is 710 g/mol. The van der Waals surface area contributed by atoms with Crippen LogP contribution < -0.4 is 5.43 Å². The highest BCUT2D eigenvalue weighted by atomic mass is 32.2. The van der Waals surface area contributed by atoms with Crippen molar-refractivity contribution in [2.75, 3.05) is 33.3 Å². The van der Waals surface area contributed by atoms with Gasteiger partial charge in [0.25, 0.3) is 0 Å². The lowest BCUT2D eigenvalue weighted by molar-refractivity contribution is -0.138. The third-order valence-electron chi connectivity index (χ3n) is 6.95. The maximum absolute atomic E-state index is 15.9. The maximum atomic E-state index is 15.9. The molecule has 0 atom stereocenters. The third kappa shape index (κ3) is 9.00. The molecule has 4 aromatic carbocycles. The first-order valence-electron chi connectivity index (χ1n) is 28.8. The van der Waals surface area contributed by atoms with Crippen LogP contribution in [0.2, 0.25) is 0 Å². The number of thioether (sulfide) groups is 1. The number of fused-ring (bicyclic) bond motifs is 1. The van der Waals surface area contributed by atoms with E-state index in [1.807, 2.05) is 0 Å². The van der Waals surface area contributed by atoms with E-state index in [0.717, 1.165) is 7.11 Å². The van der Waals surface area contributed by atoms with Gasteiger partial charge in [-0.15, -0.1) is 11.8 Å². The number of hydrogen-bond acceptors (Lipinski definition) is 5. The number of rotatable bonds is 12. The van der Waals surface area contributed by atoms with E-state index in [2.05, 4.69) is 0 Å². The van der Waals surface area contributed by atoms with Gasteiger partial charge < -0.3 is 19.1 Å². The summed E-state index contributed by atoms with van der Waals surface area (Å²) in [6.07, 6.45) is -14.4. The molecule has 0 N–H and O–H groups in total. The number of piperidine rings is 1. The van der Waals surface area contributed by atoms with Crippen LogP contribution in [0.3, 0.4) is 0 Å². The first-order chi connectivity index (χ1) is 36.6. The molecule has 0 aliphatic carbocycles. The Kier molecular flexibility index (Phi) is 5.17. The summed E-state index contributed by atoms with van der Waals surface area (Å²) in [5, 5.41) is -3.15. The van der Waals surface area contributed by atoms with E-state index in [1.54, 1.807) is 0 Å². The Labute approximate surface area is 348 Å². The van der Waals surface area contributed by atoms with Crippen LogP contribution in [0.1, 0.15) is 73.4 Å². The average molecular weight is 778 g/mol. The zero-order chi connectivity index (χ0) is 62.4. The van der Waals surface area contributed by atoms with Gasteiger partial charge >= 0.3 is 6.18 Å². The summed E-state index contributed by atoms with van der Waals surface area (Å²) in [7, 11) is 1.00. The molecule has 1 aromatic heterocycles. The maximum Gasteiger partial charge on any atom is 0.416 e. The van der Waals surface area contributed by atoms with Gasteiger partial charge in [0.05, 0.1) is 47.4 Å². The number of methoxy groups -OCH3 is 1. The zero-order valence-corrected chi connectivity index (χ0v) is 27.8. The summed E-state index contributed by atoms with van der Waals surface area (Å²) in [6, 6.07) is -27.3. The number of nitrogens with zero attached hydrogens (tertiary/aromatic N) is 3. The van der Waals surface area contributed by atoms with Crippen molar-refractivity contribution >= 4 is 28.6 Å². The molecular formula is C41H40F5N3O3S. The Morgan fingerprint density at radius 2 is 1.74 bits per heavy atom. The average Bonchev–Trinajstić information content (AvgIpc) is 3.36. The number of pyridine rings is 1. The van der Waals surface area contributed by atoms with Crippen molar-refractivity contribution in [1.29, 1.82) is 0 Å². The van der Waals surface area contributed by atoms with Crippen molar-refractivity contribution < 1.29 is 69.9 Å². The van der Waals surface area contributed by atoms with Gasteiger partial charge in [-0.25, -0.2) is 8.78 Å². The van der Waals surface area contributed by atoms with Crippen LogP contribution >= 0.6 is 11.8 Å². The van der Waals surface area contributed by atoms with Gasteiger partial charge in [0.1, 0.15) is 6.50 Å². The van der Waals surface area contributed by atoms with Crippen LogP contribution in [0, 0.1) is 18.6 Å². The van der Waals surface area contributed by atoms with E-state index < -0.39 is 254 Å². The summed E-state index contributed by atoms with van der Waals surface area (Å²) in [5.74, 6) is -7.40. The third-order valence-corrected chi connectivity index (χ3v) is 7.73. The van der Waals surface area contributed by atoms with E-state index >= 15 is 13.6 Å². The number of carbonyl (C=O) groups is 1. The van der Waals surface area contributed by atoms with Gasteiger partial charge in [-0.1, -0.05) is 60.4 Å². The van der Waals surface area contributed by atoms with Gasteiger partial charge in [0, 0.05) is 75.6 Å². The molecule has 1 amide bonds. The second-order valence-electron chi connectivity index (χ2n) is 10.5. The van der Waals surface area contributed by atoms with Crippen LogP contribution in [0.15, 0.2) is 100 Å². The predicted molar refractivity (Wildman–Crippen MR) is 198 cm³/mol. The largest absolute Gasteiger partial charge is 0.416 e. The molecule has 6 nitrogen and oxygen atoms in total. The molecule has 0 spiro atoms. The molecule has 0 radical (unpaired) electrons. The molecule has 278 valence electrons. The highest BCUT2D eigenvalue weighted by Gasteiger charge is 2.32. The topological polar surface area (TPSA) is 54.8 Å². The highest BCUT2D eigenvalue weighted by molar-refractivity contribution is 7.98. The fourth-order valence-corrected chi connectivity index (χ4v) is 5.13. The Balaban J connectivity index is 1.81. The van der Waals surface area contributed by atoms with Crippen molar-refractivity contribution in [3.63, 3.8) is 0 Å². The van der Waals surface area contributed by atoms with Crippen molar-refractivity contribution in [3.8, 4) is 11.1 Å². The second kappa shape index (κ2) is 16.7. The number of likely N-dealkylation sites (tertiary alicyclic amines) is 1. The fourth-order valence-electron chi connectivity index (χ4n) is 4.42. The monoisotopic (exact) mass is 777 g/mol. The molecule has 0 unspecified atom stereocenters. The summed E-state index contributed by atoms with van der Waals surface area (Å²) < 4.78 is 325. The molecule has 5 aromatic rings. The number of ether oxygens (including phenoxy) is 1. The van der Waals surface area contributed by atoms with Crippen molar-refractivity contribution in [2.24, 2.45) is 0 Å². The van der Waals surface area contributed by atoms with Gasteiger partial charge in [-0.3, -0.25) is 9.59 Å². The molecule has 1 fully saturated rings. The Bertz CT molecular complexity index is 3470. The SMILES string of the molecule is [2H]c1c([2H])c(F)c(F)c(C([2H])([2H])Sc2c([2H])c(=O)c3c([2H])c([2H])c([2H])c([2H])c3n2C([2H])([2H])C(=O)N(Cc2c([2H])c([2H])c(-c3c([2H])c([2H])c(C(F)(F)F)c(C)c3[2H])c([2H])c2[2H])C2([2H])C([2H])([2H])C([2H])([2H])N(CCOC)C([2H])([2H])C2([2H])[2H])c1[2H]. The normalized spacial score (nSPS) is 26.7. The number of para-hydroxylation sites is 1. The number of halogens is 5. The standard InChI is InChI=1S/C41H40F5N3O3S/c1-27-22-30(14-15-34(27)41(44,45)46)29-12-10-28(11-13-29)24-48(32-16-18-47(19-17-32)20-21-52-2)38(51)25-49-36-9-4-3-7-33(36)37(50)23-39(49)53-26-31-6-5-8-35(42)40(31)43/h3-15,22-23,32H,16-21,24-26H2,1-2H3/i3D,4D,5D,6D,7D,8D,9D,10D,11D,12D,13D,14D,15D,16D2,17D2,18D2,19D2,22D,23D,25D2,26D2,32D. The van der Waals surface area contributed by atoms with Crippen molar-refractivity contribution in [1.82, 2.24) is 14.4 Å². The van der Waals surface area contributed by atoms with E-state index in [1.165, 1.54) is 0 Å². The molecule has 2 heterocycles. The van der Waals surface area contributed by atoms with Gasteiger partial charge in [0.15, 0.2) is 17.1 Å². The van der Waals surface area contributed by atoms with Gasteiger partial charge in [-0.2, -0.15) is 13.2 Å². The second-order valence-corrected chi connectivity index (χ2v) is 11.3. The Morgan fingerprint density at radius 1 is 1.02 bits per heavy atom. The number of amides is 1. The molecule has 1 aliphatic rings. The van der Waals surface area contributed by atoms with Crippen LogP contribution in [-0.2, 0) is 34.5 Å². The minimum atomic E-state index is -5.36. The number of benzene rings is 4. The molecule has 0 bridgehead atoms. The lowest BCUT2D eigenvalue weighted by Crippen LogP contribution is -2.48.